The molecule has 7 nitrogen and oxygen atoms in total. The molecule has 1 aliphatic rings. The van der Waals surface area contributed by atoms with Crippen LogP contribution in [0.4, 0.5) is 32.0 Å². The van der Waals surface area contributed by atoms with Crippen LogP contribution in [0.5, 0.6) is 0 Å². The van der Waals surface area contributed by atoms with Crippen LogP contribution in [0, 0.1) is 0 Å². The highest BCUT2D eigenvalue weighted by Crippen LogP contribution is 2.39. The summed E-state index contributed by atoms with van der Waals surface area (Å²) in [6, 6.07) is 0.555. The van der Waals surface area contributed by atoms with Gasteiger partial charge in [-0.3, -0.25) is 9.59 Å². The number of carboxylic acids is 1. The number of hydrogen-bond acceptors (Lipinski definition) is 5. The van der Waals surface area contributed by atoms with Gasteiger partial charge in [-0.15, -0.1) is 0 Å². The molecule has 160 valence electrons. The van der Waals surface area contributed by atoms with E-state index in [2.05, 4.69) is 4.74 Å². The van der Waals surface area contributed by atoms with Gasteiger partial charge in [0.25, 0.3) is 5.91 Å². The molecule has 1 saturated heterocycles. The first kappa shape index (κ1) is 22.5. The third-order valence-electron chi connectivity index (χ3n) is 3.82. The van der Waals surface area contributed by atoms with Crippen LogP contribution in [0.1, 0.15) is 18.1 Å². The maximum Gasteiger partial charge on any atom is 0.416 e. The molecule has 0 spiro atoms. The minimum absolute atomic E-state index is 0.106. The molecule has 1 heterocycles. The molecule has 2 rings (SSSR count). The minimum Gasteiger partial charge on any atom is -0.478 e. The van der Waals surface area contributed by atoms with Crippen molar-refractivity contribution in [2.45, 2.75) is 31.5 Å². The van der Waals surface area contributed by atoms with Gasteiger partial charge < -0.3 is 19.5 Å². The van der Waals surface area contributed by atoms with Crippen LogP contribution in [0.2, 0.25) is 0 Å². The lowest BCUT2D eigenvalue weighted by Gasteiger charge is -2.34. The van der Waals surface area contributed by atoms with Crippen molar-refractivity contribution >= 4 is 23.5 Å². The summed E-state index contributed by atoms with van der Waals surface area (Å²) in [5.41, 5.74) is -4.04. The summed E-state index contributed by atoms with van der Waals surface area (Å²) in [6.07, 6.45) is -14.3. The SMILES string of the molecule is CC(=O)O[C@@H](C(=O)O)[C@H]1OCCN(c2cc(C(F)(F)F)cc(C(F)(F)F)c2)C1=O. The Morgan fingerprint density at radius 1 is 1.14 bits per heavy atom. The van der Waals surface area contributed by atoms with Crippen molar-refractivity contribution in [1.82, 2.24) is 0 Å². The Kier molecular flexibility index (Phi) is 6.11. The molecule has 0 unspecified atom stereocenters. The van der Waals surface area contributed by atoms with Gasteiger partial charge in [0.15, 0.2) is 6.10 Å². The molecule has 0 bridgehead atoms. The maximum absolute atomic E-state index is 13.0. The van der Waals surface area contributed by atoms with E-state index in [-0.39, 0.29) is 6.07 Å². The second-order valence-electron chi connectivity index (χ2n) is 5.91. The molecular formula is C16H13F6NO6. The number of amides is 1. The van der Waals surface area contributed by atoms with E-state index in [0.29, 0.717) is 17.0 Å². The Hall–Kier alpha value is -2.83. The Labute approximate surface area is 158 Å². The van der Waals surface area contributed by atoms with E-state index in [1.165, 1.54) is 0 Å². The molecule has 0 radical (unpaired) electrons. The maximum atomic E-state index is 13.0. The standard InChI is InChI=1S/C16H13F6NO6/c1-7(24)29-12(14(26)27)11-13(25)23(2-3-28-11)10-5-8(15(17,18)19)4-9(6-10)16(20,21)22/h4-6,11-12H,2-3H2,1H3,(H,26,27)/t11-,12-/m1/s1. The summed E-state index contributed by atoms with van der Waals surface area (Å²) in [5.74, 6) is -4.12. The highest BCUT2D eigenvalue weighted by Gasteiger charge is 2.44. The number of morpholine rings is 1. The lowest BCUT2D eigenvalue weighted by atomic mass is 10.1. The van der Waals surface area contributed by atoms with Crippen molar-refractivity contribution in [1.29, 1.82) is 0 Å². The zero-order valence-corrected chi connectivity index (χ0v) is 14.5. The third kappa shape index (κ3) is 5.16. The highest BCUT2D eigenvalue weighted by atomic mass is 19.4. The van der Waals surface area contributed by atoms with Gasteiger partial charge in [-0.1, -0.05) is 0 Å². The molecule has 1 aliphatic heterocycles. The molecule has 1 aromatic carbocycles. The summed E-state index contributed by atoms with van der Waals surface area (Å²) in [6.45, 7) is -0.0111. The first-order chi connectivity index (χ1) is 13.2. The van der Waals surface area contributed by atoms with Gasteiger partial charge in [0, 0.05) is 19.2 Å². The highest BCUT2D eigenvalue weighted by molar-refractivity contribution is 6.00. The van der Waals surface area contributed by atoms with Gasteiger partial charge >= 0.3 is 24.3 Å². The van der Waals surface area contributed by atoms with E-state index in [1.807, 2.05) is 0 Å². The lowest BCUT2D eigenvalue weighted by molar-refractivity contribution is -0.177. The normalized spacial score (nSPS) is 19.1. The molecular weight excluding hydrogens is 416 g/mol. The van der Waals surface area contributed by atoms with Gasteiger partial charge in [0.05, 0.1) is 17.7 Å². The first-order valence-electron chi connectivity index (χ1n) is 7.84. The average molecular weight is 429 g/mol. The summed E-state index contributed by atoms with van der Waals surface area (Å²) in [5, 5.41) is 9.13. The van der Waals surface area contributed by atoms with E-state index in [9.17, 15) is 40.7 Å². The number of nitrogens with zero attached hydrogens (tertiary/aromatic N) is 1. The number of halogens is 6. The Morgan fingerprint density at radius 2 is 1.66 bits per heavy atom. The number of rotatable bonds is 4. The number of anilines is 1. The van der Waals surface area contributed by atoms with Crippen molar-refractivity contribution in [2.24, 2.45) is 0 Å². The molecule has 1 amide bonds. The van der Waals surface area contributed by atoms with Crippen LogP contribution in [0.15, 0.2) is 18.2 Å². The molecule has 0 aromatic heterocycles. The average Bonchev–Trinajstić information content (AvgIpc) is 2.58. The van der Waals surface area contributed by atoms with Crippen LogP contribution in [-0.4, -0.2) is 48.3 Å². The predicted octanol–water partition coefficient (Wildman–Crippen LogP) is 2.47. The topological polar surface area (TPSA) is 93.1 Å². The number of aliphatic carboxylic acids is 1. The largest absolute Gasteiger partial charge is 0.478 e. The number of ether oxygens (including phenoxy) is 2. The summed E-state index contributed by atoms with van der Waals surface area (Å²) in [7, 11) is 0. The second kappa shape index (κ2) is 7.89. The number of carbonyl (C=O) groups is 3. The van der Waals surface area contributed by atoms with Gasteiger partial charge in [-0.25, -0.2) is 4.79 Å². The molecule has 29 heavy (non-hydrogen) atoms. The monoisotopic (exact) mass is 429 g/mol. The van der Waals surface area contributed by atoms with Crippen LogP contribution < -0.4 is 4.90 Å². The Balaban J connectivity index is 2.49. The van der Waals surface area contributed by atoms with Crippen molar-refractivity contribution in [3.8, 4) is 0 Å². The second-order valence-corrected chi connectivity index (χ2v) is 5.91. The number of benzene rings is 1. The molecule has 0 saturated carbocycles. The zero-order valence-electron chi connectivity index (χ0n) is 14.5. The first-order valence-corrected chi connectivity index (χ1v) is 7.84. The van der Waals surface area contributed by atoms with Crippen LogP contribution in [0.3, 0.4) is 0 Å². The van der Waals surface area contributed by atoms with E-state index in [1.54, 1.807) is 0 Å². The molecule has 1 N–H and O–H groups in total. The minimum atomic E-state index is -5.13. The lowest BCUT2D eigenvalue weighted by Crippen LogP contribution is -2.55. The quantitative estimate of drug-likeness (QED) is 0.584. The number of carboxylic acid groups (broad SMARTS) is 1. The molecule has 1 aromatic rings. The Morgan fingerprint density at radius 3 is 2.07 bits per heavy atom. The van der Waals surface area contributed by atoms with Crippen molar-refractivity contribution in [3.05, 3.63) is 29.3 Å². The van der Waals surface area contributed by atoms with E-state index < -0.39 is 72.4 Å². The van der Waals surface area contributed by atoms with Crippen LogP contribution >= 0.6 is 0 Å². The van der Waals surface area contributed by atoms with E-state index in [0.717, 1.165) is 6.92 Å². The molecule has 13 heteroatoms. The summed E-state index contributed by atoms with van der Waals surface area (Å²) >= 11 is 0. The van der Waals surface area contributed by atoms with Gasteiger partial charge in [-0.2, -0.15) is 26.3 Å². The third-order valence-corrected chi connectivity index (χ3v) is 3.82. The van der Waals surface area contributed by atoms with Crippen LogP contribution in [-0.2, 0) is 36.2 Å². The fraction of sp³-hybridized carbons (Fsp3) is 0.438. The van der Waals surface area contributed by atoms with Gasteiger partial charge in [-0.05, 0) is 18.2 Å². The van der Waals surface area contributed by atoms with Gasteiger partial charge in [0.1, 0.15) is 0 Å². The molecule has 2 atom stereocenters. The van der Waals surface area contributed by atoms with Crippen molar-refractivity contribution < 1.29 is 55.3 Å². The molecule has 1 fully saturated rings. The smallest absolute Gasteiger partial charge is 0.416 e. The number of alkyl halides is 6. The summed E-state index contributed by atoms with van der Waals surface area (Å²) in [4.78, 5) is 35.4. The zero-order chi connectivity index (χ0) is 22.1. The van der Waals surface area contributed by atoms with Crippen molar-refractivity contribution in [3.63, 3.8) is 0 Å². The number of carbonyl (C=O) groups excluding carboxylic acids is 2. The molecule has 0 aliphatic carbocycles. The predicted molar refractivity (Wildman–Crippen MR) is 81.7 cm³/mol. The van der Waals surface area contributed by atoms with Crippen LogP contribution in [0.25, 0.3) is 0 Å². The van der Waals surface area contributed by atoms with Crippen molar-refractivity contribution in [2.75, 3.05) is 18.1 Å². The van der Waals surface area contributed by atoms with E-state index >= 15 is 0 Å². The Bertz CT molecular complexity index is 789. The van der Waals surface area contributed by atoms with E-state index in [4.69, 9.17) is 9.84 Å². The van der Waals surface area contributed by atoms with Gasteiger partial charge in [0.2, 0.25) is 6.10 Å². The fourth-order valence-corrected chi connectivity index (χ4v) is 2.59. The summed E-state index contributed by atoms with van der Waals surface area (Å²) < 4.78 is 87.6. The number of esters is 1. The fourth-order valence-electron chi connectivity index (χ4n) is 2.59. The number of hydrogen-bond donors (Lipinski definition) is 1.